The van der Waals surface area contributed by atoms with Crippen LogP contribution >= 0.6 is 0 Å². The number of hydrogen-bond donors (Lipinski definition) is 1. The maximum absolute atomic E-state index is 5.47. The molecule has 1 aliphatic heterocycles. The van der Waals surface area contributed by atoms with Crippen LogP contribution in [0.15, 0.2) is 33.8 Å². The van der Waals surface area contributed by atoms with Gasteiger partial charge in [0.05, 0.1) is 19.3 Å². The lowest BCUT2D eigenvalue weighted by atomic mass is 10.2. The molecule has 1 aromatic carbocycles. The molecule has 8 nitrogen and oxygen atoms in total. The molecule has 1 aliphatic rings. The highest BCUT2D eigenvalue weighted by Gasteiger charge is 2.21. The quantitative estimate of drug-likeness (QED) is 0.661. The van der Waals surface area contributed by atoms with Gasteiger partial charge in [0.25, 0.3) is 0 Å². The molecule has 0 bridgehead atoms. The predicted molar refractivity (Wildman–Crippen MR) is 96.0 cm³/mol. The van der Waals surface area contributed by atoms with Crippen LogP contribution < -0.4 is 15.0 Å². The molecule has 1 N–H and O–H groups in total. The van der Waals surface area contributed by atoms with Crippen LogP contribution in [0.1, 0.15) is 11.7 Å². The summed E-state index contributed by atoms with van der Waals surface area (Å²) in [5.41, 5.74) is 1.13. The summed E-state index contributed by atoms with van der Waals surface area (Å²) in [6, 6.07) is 8.12. The van der Waals surface area contributed by atoms with Gasteiger partial charge in [-0.05, 0) is 19.1 Å². The van der Waals surface area contributed by atoms with Gasteiger partial charge in [0.1, 0.15) is 5.75 Å². The molecular weight excluding hydrogens is 320 g/mol. The summed E-state index contributed by atoms with van der Waals surface area (Å²) in [7, 11) is 3.49. The van der Waals surface area contributed by atoms with E-state index >= 15 is 0 Å². The Morgan fingerprint density at radius 1 is 1.28 bits per heavy atom. The molecule has 134 valence electrons. The highest BCUT2D eigenvalue weighted by molar-refractivity contribution is 5.80. The Bertz CT molecular complexity index is 721. The van der Waals surface area contributed by atoms with Gasteiger partial charge in [-0.25, -0.2) is 0 Å². The Kier molecular flexibility index (Phi) is 5.37. The largest absolute Gasteiger partial charge is 0.495 e. The van der Waals surface area contributed by atoms with E-state index in [9.17, 15) is 0 Å². The Morgan fingerprint density at radius 3 is 2.68 bits per heavy atom. The first-order valence-electron chi connectivity index (χ1n) is 8.34. The first-order chi connectivity index (χ1) is 12.2. The maximum atomic E-state index is 5.47. The smallest absolute Gasteiger partial charge is 0.246 e. The maximum Gasteiger partial charge on any atom is 0.246 e. The van der Waals surface area contributed by atoms with Crippen LogP contribution in [0.2, 0.25) is 0 Å². The summed E-state index contributed by atoms with van der Waals surface area (Å²) in [6.07, 6.45) is 0. The molecule has 0 aliphatic carbocycles. The topological polar surface area (TPSA) is 79.0 Å². The Labute approximate surface area is 147 Å². The van der Waals surface area contributed by atoms with Crippen LogP contribution in [0.5, 0.6) is 5.75 Å². The summed E-state index contributed by atoms with van der Waals surface area (Å²) in [5, 5.41) is 7.08. The molecule has 1 aromatic heterocycles. The second kappa shape index (κ2) is 7.87. The summed E-state index contributed by atoms with van der Waals surface area (Å²) < 4.78 is 10.6. The van der Waals surface area contributed by atoms with Crippen LogP contribution in [0.4, 0.5) is 5.69 Å². The van der Waals surface area contributed by atoms with E-state index in [2.05, 4.69) is 36.3 Å². The van der Waals surface area contributed by atoms with Gasteiger partial charge >= 0.3 is 0 Å². The standard InChI is InChI=1S/C17H24N6O2/c1-13-20-16(25-21-13)12-19-17(18-2)23-10-8-22(9-11-23)14-6-4-5-7-15(14)24-3/h4-7H,8-12H2,1-3H3,(H,18,19). The molecule has 25 heavy (non-hydrogen) atoms. The van der Waals surface area contributed by atoms with Gasteiger partial charge in [-0.3, -0.25) is 4.99 Å². The molecule has 0 radical (unpaired) electrons. The number of ether oxygens (including phenoxy) is 1. The van der Waals surface area contributed by atoms with Gasteiger partial charge in [-0.15, -0.1) is 0 Å². The predicted octanol–water partition coefficient (Wildman–Crippen LogP) is 1.28. The fourth-order valence-corrected chi connectivity index (χ4v) is 2.95. The van der Waals surface area contributed by atoms with Crippen molar-refractivity contribution in [3.8, 4) is 5.75 Å². The van der Waals surface area contributed by atoms with E-state index in [0.29, 0.717) is 18.3 Å². The fourth-order valence-electron chi connectivity index (χ4n) is 2.95. The number of methoxy groups -OCH3 is 1. The first-order valence-corrected chi connectivity index (χ1v) is 8.34. The first kappa shape index (κ1) is 17.1. The number of rotatable bonds is 4. The zero-order chi connectivity index (χ0) is 17.6. The molecular formula is C17H24N6O2. The van der Waals surface area contributed by atoms with E-state index in [1.807, 2.05) is 18.2 Å². The van der Waals surface area contributed by atoms with Crippen molar-refractivity contribution in [3.63, 3.8) is 0 Å². The van der Waals surface area contributed by atoms with Crippen molar-refractivity contribution in [2.75, 3.05) is 45.2 Å². The summed E-state index contributed by atoms with van der Waals surface area (Å²) in [5.74, 6) is 2.95. The number of aliphatic imine (C=N–C) groups is 1. The van der Waals surface area contributed by atoms with E-state index in [-0.39, 0.29) is 0 Å². The summed E-state index contributed by atoms with van der Waals surface area (Å²) in [6.45, 7) is 5.84. The minimum atomic E-state index is 0.472. The van der Waals surface area contributed by atoms with Gasteiger partial charge in [0.15, 0.2) is 11.8 Å². The van der Waals surface area contributed by atoms with Crippen molar-refractivity contribution in [2.24, 2.45) is 4.99 Å². The number of aromatic nitrogens is 2. The molecule has 0 unspecified atom stereocenters. The molecule has 0 atom stereocenters. The van der Waals surface area contributed by atoms with Crippen LogP contribution in [0.3, 0.4) is 0 Å². The third-order valence-corrected chi connectivity index (χ3v) is 4.18. The number of hydrogen-bond acceptors (Lipinski definition) is 6. The Hall–Kier alpha value is -2.77. The lowest BCUT2D eigenvalue weighted by Crippen LogP contribution is -2.52. The van der Waals surface area contributed by atoms with Crippen LogP contribution in [0.25, 0.3) is 0 Å². The minimum absolute atomic E-state index is 0.472. The van der Waals surface area contributed by atoms with E-state index in [1.54, 1.807) is 21.1 Å². The van der Waals surface area contributed by atoms with E-state index in [0.717, 1.165) is 43.6 Å². The molecule has 2 aromatic rings. The van der Waals surface area contributed by atoms with Crippen molar-refractivity contribution < 1.29 is 9.26 Å². The zero-order valence-corrected chi connectivity index (χ0v) is 14.9. The number of benzene rings is 1. The average molecular weight is 344 g/mol. The lowest BCUT2D eigenvalue weighted by Gasteiger charge is -2.38. The number of nitrogens with one attached hydrogen (secondary N) is 1. The van der Waals surface area contributed by atoms with Crippen molar-refractivity contribution in [1.82, 2.24) is 20.4 Å². The molecule has 0 saturated carbocycles. The normalized spacial score (nSPS) is 15.4. The van der Waals surface area contributed by atoms with Crippen molar-refractivity contribution in [3.05, 3.63) is 36.0 Å². The van der Waals surface area contributed by atoms with Gasteiger partial charge in [0, 0.05) is 33.2 Å². The van der Waals surface area contributed by atoms with E-state index in [1.165, 1.54) is 0 Å². The highest BCUT2D eigenvalue weighted by Crippen LogP contribution is 2.28. The summed E-state index contributed by atoms with van der Waals surface area (Å²) in [4.78, 5) is 13.1. The number of anilines is 1. The summed E-state index contributed by atoms with van der Waals surface area (Å²) >= 11 is 0. The second-order valence-corrected chi connectivity index (χ2v) is 5.78. The van der Waals surface area contributed by atoms with Crippen LogP contribution in [-0.4, -0.2) is 61.3 Å². The number of piperazine rings is 1. The van der Waals surface area contributed by atoms with Crippen molar-refractivity contribution >= 4 is 11.6 Å². The van der Waals surface area contributed by atoms with Gasteiger partial charge in [-0.1, -0.05) is 17.3 Å². The highest BCUT2D eigenvalue weighted by atomic mass is 16.5. The lowest BCUT2D eigenvalue weighted by molar-refractivity contribution is 0.352. The molecule has 8 heteroatoms. The third kappa shape index (κ3) is 4.01. The average Bonchev–Trinajstić information content (AvgIpc) is 3.08. The minimum Gasteiger partial charge on any atom is -0.495 e. The van der Waals surface area contributed by atoms with E-state index in [4.69, 9.17) is 9.26 Å². The molecule has 2 heterocycles. The van der Waals surface area contributed by atoms with E-state index < -0.39 is 0 Å². The van der Waals surface area contributed by atoms with Crippen molar-refractivity contribution in [1.29, 1.82) is 0 Å². The van der Waals surface area contributed by atoms with Crippen LogP contribution in [0, 0.1) is 6.92 Å². The molecule has 0 spiro atoms. The second-order valence-electron chi connectivity index (χ2n) is 5.78. The fraction of sp³-hybridized carbons (Fsp3) is 0.471. The monoisotopic (exact) mass is 344 g/mol. The Morgan fingerprint density at radius 2 is 2.04 bits per heavy atom. The zero-order valence-electron chi connectivity index (χ0n) is 14.9. The van der Waals surface area contributed by atoms with Crippen molar-refractivity contribution in [2.45, 2.75) is 13.5 Å². The number of nitrogens with zero attached hydrogens (tertiary/aromatic N) is 5. The number of para-hydroxylation sites is 2. The SMILES string of the molecule is CN=C(NCc1nc(C)no1)N1CCN(c2ccccc2OC)CC1. The molecule has 1 fully saturated rings. The van der Waals surface area contributed by atoms with Gasteiger partial charge < -0.3 is 24.4 Å². The van der Waals surface area contributed by atoms with Gasteiger partial charge in [-0.2, -0.15) is 4.98 Å². The third-order valence-electron chi connectivity index (χ3n) is 4.18. The number of aryl methyl sites for hydroxylation is 1. The van der Waals surface area contributed by atoms with Gasteiger partial charge in [0.2, 0.25) is 5.89 Å². The molecule has 0 amide bonds. The molecule has 1 saturated heterocycles. The number of guanidine groups is 1. The Balaban J connectivity index is 1.57. The van der Waals surface area contributed by atoms with Crippen LogP contribution in [-0.2, 0) is 6.54 Å². The molecule has 3 rings (SSSR count).